The van der Waals surface area contributed by atoms with Crippen LogP contribution in [0.4, 0.5) is 0 Å². The molecule has 5 heteroatoms. The average molecular weight is 314 g/mol. The molecule has 1 aromatic carbocycles. The van der Waals surface area contributed by atoms with Gasteiger partial charge in [0.2, 0.25) is 5.91 Å². The summed E-state index contributed by atoms with van der Waals surface area (Å²) in [6.07, 6.45) is 1.66. The van der Waals surface area contributed by atoms with Gasteiger partial charge in [0.05, 0.1) is 6.04 Å². The first-order chi connectivity index (χ1) is 9.52. The van der Waals surface area contributed by atoms with Crippen molar-refractivity contribution >= 4 is 18.3 Å². The molecule has 2 atom stereocenters. The second kappa shape index (κ2) is 10.6. The fraction of sp³-hybridized carbons (Fsp3) is 0.562. The Hall–Kier alpha value is -1.10. The third-order valence-corrected chi connectivity index (χ3v) is 3.21. The van der Waals surface area contributed by atoms with Crippen molar-refractivity contribution in [3.63, 3.8) is 0 Å². The van der Waals surface area contributed by atoms with Gasteiger partial charge in [-0.2, -0.15) is 0 Å². The number of hydrogen-bond acceptors (Lipinski definition) is 3. The molecule has 0 heterocycles. The Kier molecular flexibility index (Phi) is 10.0. The molecule has 0 saturated heterocycles. The molecule has 0 fully saturated rings. The highest BCUT2D eigenvalue weighted by Crippen LogP contribution is 2.03. The number of nitrogens with zero attached hydrogens (tertiary/aromatic N) is 1. The van der Waals surface area contributed by atoms with Crippen LogP contribution in [-0.2, 0) is 11.3 Å². The molecule has 21 heavy (non-hydrogen) atoms. The van der Waals surface area contributed by atoms with Crippen molar-refractivity contribution < 1.29 is 4.79 Å². The van der Waals surface area contributed by atoms with Crippen LogP contribution in [0.1, 0.15) is 32.3 Å². The lowest BCUT2D eigenvalue weighted by molar-refractivity contribution is -0.123. The molecule has 0 spiro atoms. The number of nitrogens with two attached hydrogens (primary N) is 1. The zero-order valence-corrected chi connectivity index (χ0v) is 14.0. The molecule has 0 radical (unpaired) electrons. The van der Waals surface area contributed by atoms with Gasteiger partial charge in [-0.15, -0.1) is 12.4 Å². The highest BCUT2D eigenvalue weighted by atomic mass is 35.5. The zero-order valence-electron chi connectivity index (χ0n) is 13.2. The topological polar surface area (TPSA) is 58.4 Å². The normalized spacial score (nSPS) is 13.4. The molecular formula is C16H28ClN3O. The Morgan fingerprint density at radius 3 is 2.52 bits per heavy atom. The summed E-state index contributed by atoms with van der Waals surface area (Å²) in [5, 5.41) is 2.98. The summed E-state index contributed by atoms with van der Waals surface area (Å²) in [5.41, 5.74) is 7.08. The molecule has 0 aromatic heterocycles. The van der Waals surface area contributed by atoms with E-state index in [0.29, 0.717) is 0 Å². The van der Waals surface area contributed by atoms with E-state index in [2.05, 4.69) is 29.4 Å². The van der Waals surface area contributed by atoms with Gasteiger partial charge in [-0.05, 0) is 26.0 Å². The smallest absolute Gasteiger partial charge is 0.237 e. The largest absolute Gasteiger partial charge is 0.351 e. The Bertz CT molecular complexity index is 400. The fourth-order valence-electron chi connectivity index (χ4n) is 2.26. The molecule has 2 unspecified atom stereocenters. The van der Waals surface area contributed by atoms with Gasteiger partial charge in [-0.25, -0.2) is 0 Å². The number of benzene rings is 1. The summed E-state index contributed by atoms with van der Waals surface area (Å²) in [6.45, 7) is 5.73. The quantitative estimate of drug-likeness (QED) is 0.773. The lowest BCUT2D eigenvalue weighted by atomic mass is 10.1. The molecule has 0 aliphatic heterocycles. The summed E-state index contributed by atoms with van der Waals surface area (Å²) in [7, 11) is 2.06. The number of likely N-dealkylation sites (N-methyl/N-ethyl adjacent to an activating group) is 1. The highest BCUT2D eigenvalue weighted by Gasteiger charge is 2.15. The summed E-state index contributed by atoms with van der Waals surface area (Å²) >= 11 is 0. The van der Waals surface area contributed by atoms with Crippen LogP contribution in [0.25, 0.3) is 0 Å². The van der Waals surface area contributed by atoms with E-state index in [9.17, 15) is 4.79 Å². The van der Waals surface area contributed by atoms with E-state index in [1.807, 2.05) is 32.0 Å². The van der Waals surface area contributed by atoms with Crippen LogP contribution in [0.15, 0.2) is 30.3 Å². The van der Waals surface area contributed by atoms with Crippen LogP contribution in [0, 0.1) is 0 Å². The van der Waals surface area contributed by atoms with Crippen molar-refractivity contribution in [2.75, 3.05) is 13.6 Å². The molecule has 0 bridgehead atoms. The Labute approximate surface area is 134 Å². The first-order valence-electron chi connectivity index (χ1n) is 7.31. The lowest BCUT2D eigenvalue weighted by Gasteiger charge is -2.23. The third-order valence-electron chi connectivity index (χ3n) is 3.21. The van der Waals surface area contributed by atoms with Crippen LogP contribution < -0.4 is 11.1 Å². The van der Waals surface area contributed by atoms with E-state index >= 15 is 0 Å². The van der Waals surface area contributed by atoms with Crippen LogP contribution in [0.5, 0.6) is 0 Å². The minimum Gasteiger partial charge on any atom is -0.351 e. The second-order valence-electron chi connectivity index (χ2n) is 5.49. The standard InChI is InChI=1S/C16H27N3O.ClH/c1-4-8-15(17)16(20)18-13(2)11-19(3)12-14-9-6-5-7-10-14;/h5-7,9-10,13,15H,4,8,11-12,17H2,1-3H3,(H,18,20);1H. The van der Waals surface area contributed by atoms with Crippen LogP contribution in [0.2, 0.25) is 0 Å². The predicted octanol–water partition coefficient (Wildman–Crippen LogP) is 2.17. The monoisotopic (exact) mass is 313 g/mol. The minimum absolute atomic E-state index is 0. The molecule has 1 aromatic rings. The number of amides is 1. The van der Waals surface area contributed by atoms with E-state index in [1.165, 1.54) is 5.56 Å². The van der Waals surface area contributed by atoms with Crippen molar-refractivity contribution in [2.45, 2.75) is 45.3 Å². The van der Waals surface area contributed by atoms with Gasteiger partial charge < -0.3 is 16.0 Å². The van der Waals surface area contributed by atoms with Crippen LogP contribution in [0.3, 0.4) is 0 Å². The van der Waals surface area contributed by atoms with Crippen molar-refractivity contribution in [1.82, 2.24) is 10.2 Å². The van der Waals surface area contributed by atoms with E-state index in [0.717, 1.165) is 25.9 Å². The molecule has 3 N–H and O–H groups in total. The zero-order chi connectivity index (χ0) is 15.0. The molecule has 4 nitrogen and oxygen atoms in total. The fourth-order valence-corrected chi connectivity index (χ4v) is 2.26. The Morgan fingerprint density at radius 1 is 1.33 bits per heavy atom. The predicted molar refractivity (Wildman–Crippen MR) is 90.5 cm³/mol. The van der Waals surface area contributed by atoms with E-state index in [-0.39, 0.29) is 30.4 Å². The summed E-state index contributed by atoms with van der Waals surface area (Å²) < 4.78 is 0. The molecule has 0 aliphatic carbocycles. The van der Waals surface area contributed by atoms with Gasteiger partial charge in [0.1, 0.15) is 0 Å². The Morgan fingerprint density at radius 2 is 1.95 bits per heavy atom. The average Bonchev–Trinajstić information content (AvgIpc) is 2.39. The molecule has 1 amide bonds. The SMILES string of the molecule is CCCC(N)C(=O)NC(C)CN(C)Cc1ccccc1.Cl. The van der Waals surface area contributed by atoms with E-state index in [4.69, 9.17) is 5.73 Å². The minimum atomic E-state index is -0.387. The summed E-state index contributed by atoms with van der Waals surface area (Å²) in [4.78, 5) is 14.0. The van der Waals surface area contributed by atoms with Gasteiger partial charge in [-0.1, -0.05) is 43.7 Å². The molecule has 120 valence electrons. The van der Waals surface area contributed by atoms with Crippen molar-refractivity contribution in [3.8, 4) is 0 Å². The number of rotatable bonds is 8. The summed E-state index contributed by atoms with van der Waals surface area (Å²) in [5.74, 6) is -0.0486. The van der Waals surface area contributed by atoms with Crippen LogP contribution in [-0.4, -0.2) is 36.5 Å². The van der Waals surface area contributed by atoms with Crippen molar-refractivity contribution in [1.29, 1.82) is 0 Å². The molecule has 0 saturated carbocycles. The van der Waals surface area contributed by atoms with E-state index in [1.54, 1.807) is 0 Å². The number of nitrogens with one attached hydrogen (secondary N) is 1. The van der Waals surface area contributed by atoms with Gasteiger partial charge in [0.15, 0.2) is 0 Å². The maximum atomic E-state index is 11.8. The van der Waals surface area contributed by atoms with Gasteiger partial charge >= 0.3 is 0 Å². The first-order valence-corrected chi connectivity index (χ1v) is 7.31. The number of hydrogen-bond donors (Lipinski definition) is 2. The first kappa shape index (κ1) is 19.9. The highest BCUT2D eigenvalue weighted by molar-refractivity contribution is 5.85. The molecular weight excluding hydrogens is 286 g/mol. The van der Waals surface area contributed by atoms with Crippen molar-refractivity contribution in [2.24, 2.45) is 5.73 Å². The number of carbonyl (C=O) groups is 1. The lowest BCUT2D eigenvalue weighted by Crippen LogP contribution is -2.47. The maximum Gasteiger partial charge on any atom is 0.237 e. The van der Waals surface area contributed by atoms with Gasteiger partial charge in [-0.3, -0.25) is 4.79 Å². The van der Waals surface area contributed by atoms with E-state index < -0.39 is 0 Å². The van der Waals surface area contributed by atoms with Crippen molar-refractivity contribution in [3.05, 3.63) is 35.9 Å². The maximum absolute atomic E-state index is 11.8. The molecule has 1 rings (SSSR count). The Balaban J connectivity index is 0.00000400. The second-order valence-corrected chi connectivity index (χ2v) is 5.49. The number of halogens is 1. The third kappa shape index (κ3) is 8.05. The van der Waals surface area contributed by atoms with Gasteiger partial charge in [0.25, 0.3) is 0 Å². The van der Waals surface area contributed by atoms with Gasteiger partial charge in [0, 0.05) is 19.1 Å². The summed E-state index contributed by atoms with van der Waals surface area (Å²) in [6, 6.07) is 10.0. The molecule has 0 aliphatic rings. The number of carbonyl (C=O) groups excluding carboxylic acids is 1. The van der Waals surface area contributed by atoms with Crippen LogP contribution >= 0.6 is 12.4 Å².